The molecule has 0 saturated heterocycles. The molecular formula is C25H20N2O2. The van der Waals surface area contributed by atoms with Gasteiger partial charge in [-0.2, -0.15) is 5.26 Å². The highest BCUT2D eigenvalue weighted by Crippen LogP contribution is 2.36. The van der Waals surface area contributed by atoms with Gasteiger partial charge in [0.15, 0.2) is 0 Å². The van der Waals surface area contributed by atoms with Crippen molar-refractivity contribution >= 4 is 27.5 Å². The number of nitriles is 1. The molecule has 0 amide bonds. The molecule has 0 radical (unpaired) electrons. The second-order valence-electron chi connectivity index (χ2n) is 7.56. The lowest BCUT2D eigenvalue weighted by molar-refractivity contribution is -0.146. The molecule has 4 aromatic rings. The van der Waals surface area contributed by atoms with Gasteiger partial charge in [-0.15, -0.1) is 0 Å². The van der Waals surface area contributed by atoms with Gasteiger partial charge in [0.2, 0.25) is 0 Å². The lowest BCUT2D eigenvalue weighted by Gasteiger charge is -2.23. The summed E-state index contributed by atoms with van der Waals surface area (Å²) in [6.07, 6.45) is 3.66. The van der Waals surface area contributed by atoms with E-state index >= 15 is 0 Å². The molecule has 0 N–H and O–H groups in total. The zero-order valence-corrected chi connectivity index (χ0v) is 16.6. The van der Waals surface area contributed by atoms with Crippen LogP contribution in [-0.4, -0.2) is 18.1 Å². The summed E-state index contributed by atoms with van der Waals surface area (Å²) in [5.74, 6) is -0.281. The lowest BCUT2D eigenvalue weighted by Crippen LogP contribution is -2.30. The van der Waals surface area contributed by atoms with Gasteiger partial charge >= 0.3 is 5.97 Å². The molecule has 3 aromatic carbocycles. The standard InChI is InChI=1S/C25H20N2O2/c1-25(2,24(28)29-3)18-10-8-17-14-27-15-23(22(17)12-18)21-11-9-16(13-26)19-6-4-5-7-20(19)21/h4-12,14-15H,1-3H3. The van der Waals surface area contributed by atoms with E-state index in [2.05, 4.69) is 11.1 Å². The van der Waals surface area contributed by atoms with Gasteiger partial charge in [0.25, 0.3) is 0 Å². The highest BCUT2D eigenvalue weighted by molar-refractivity contribution is 6.06. The monoisotopic (exact) mass is 380 g/mol. The Morgan fingerprint density at radius 2 is 1.72 bits per heavy atom. The summed E-state index contributed by atoms with van der Waals surface area (Å²) >= 11 is 0. The highest BCUT2D eigenvalue weighted by atomic mass is 16.5. The van der Waals surface area contributed by atoms with Crippen LogP contribution in [0.3, 0.4) is 0 Å². The van der Waals surface area contributed by atoms with Crippen molar-refractivity contribution in [2.24, 2.45) is 0 Å². The molecular weight excluding hydrogens is 360 g/mol. The Hall–Kier alpha value is -3.71. The predicted molar refractivity (Wildman–Crippen MR) is 114 cm³/mol. The average molecular weight is 380 g/mol. The van der Waals surface area contributed by atoms with Crippen molar-refractivity contribution in [2.75, 3.05) is 7.11 Å². The first-order chi connectivity index (χ1) is 14.0. The number of rotatable bonds is 3. The molecule has 0 aliphatic heterocycles. The summed E-state index contributed by atoms with van der Waals surface area (Å²) < 4.78 is 5.00. The van der Waals surface area contributed by atoms with Crippen LogP contribution in [0.15, 0.2) is 67.0 Å². The molecule has 4 rings (SSSR count). The minimum absolute atomic E-state index is 0.281. The molecule has 0 bridgehead atoms. The summed E-state index contributed by atoms with van der Waals surface area (Å²) in [7, 11) is 1.41. The number of carbonyl (C=O) groups excluding carboxylic acids is 1. The minimum Gasteiger partial charge on any atom is -0.468 e. The first kappa shape index (κ1) is 18.6. The third-order valence-corrected chi connectivity index (χ3v) is 5.51. The van der Waals surface area contributed by atoms with Crippen molar-refractivity contribution < 1.29 is 9.53 Å². The van der Waals surface area contributed by atoms with Crippen molar-refractivity contribution in [2.45, 2.75) is 19.3 Å². The third kappa shape index (κ3) is 3.01. The van der Waals surface area contributed by atoms with Crippen molar-refractivity contribution in [3.63, 3.8) is 0 Å². The Bertz CT molecular complexity index is 1300. The Kier molecular flexibility index (Phi) is 4.52. The molecule has 0 atom stereocenters. The van der Waals surface area contributed by atoms with Gasteiger partial charge in [0.1, 0.15) is 0 Å². The van der Waals surface area contributed by atoms with Gasteiger partial charge in [0.05, 0.1) is 24.2 Å². The molecule has 4 heteroatoms. The smallest absolute Gasteiger partial charge is 0.315 e. The van der Waals surface area contributed by atoms with Crippen molar-refractivity contribution in [3.05, 3.63) is 78.1 Å². The number of hydrogen-bond acceptors (Lipinski definition) is 4. The summed E-state index contributed by atoms with van der Waals surface area (Å²) in [4.78, 5) is 16.7. The fraction of sp³-hybridized carbons (Fsp3) is 0.160. The second kappa shape index (κ2) is 7.03. The Labute approximate surface area is 169 Å². The molecule has 0 fully saturated rings. The van der Waals surface area contributed by atoms with Gasteiger partial charge in [-0.3, -0.25) is 9.78 Å². The maximum Gasteiger partial charge on any atom is 0.315 e. The van der Waals surface area contributed by atoms with Crippen LogP contribution in [0.2, 0.25) is 0 Å². The third-order valence-electron chi connectivity index (χ3n) is 5.51. The van der Waals surface area contributed by atoms with Crippen LogP contribution in [0.4, 0.5) is 0 Å². The van der Waals surface area contributed by atoms with Gasteiger partial charge in [-0.25, -0.2) is 0 Å². The molecule has 0 unspecified atom stereocenters. The first-order valence-corrected chi connectivity index (χ1v) is 9.36. The zero-order valence-electron chi connectivity index (χ0n) is 16.6. The van der Waals surface area contributed by atoms with Gasteiger partial charge in [0, 0.05) is 28.7 Å². The Balaban J connectivity index is 2.01. The summed E-state index contributed by atoms with van der Waals surface area (Å²) in [5.41, 5.74) is 2.72. The van der Waals surface area contributed by atoms with Crippen molar-refractivity contribution in [1.29, 1.82) is 5.26 Å². The zero-order chi connectivity index (χ0) is 20.6. The molecule has 0 spiro atoms. The first-order valence-electron chi connectivity index (χ1n) is 9.36. The van der Waals surface area contributed by atoms with Gasteiger partial charge < -0.3 is 4.74 Å². The van der Waals surface area contributed by atoms with E-state index in [1.165, 1.54) is 7.11 Å². The molecule has 0 aliphatic rings. The van der Waals surface area contributed by atoms with Crippen LogP contribution >= 0.6 is 0 Å². The normalized spacial score (nSPS) is 11.4. The quantitative estimate of drug-likeness (QED) is 0.448. The molecule has 29 heavy (non-hydrogen) atoms. The maximum atomic E-state index is 12.3. The van der Waals surface area contributed by atoms with Crippen LogP contribution in [0.1, 0.15) is 25.0 Å². The molecule has 0 aliphatic carbocycles. The number of esters is 1. The maximum absolute atomic E-state index is 12.3. The topological polar surface area (TPSA) is 63.0 Å². The average Bonchev–Trinajstić information content (AvgIpc) is 2.77. The lowest BCUT2D eigenvalue weighted by atomic mass is 9.83. The van der Waals surface area contributed by atoms with Crippen LogP contribution in [-0.2, 0) is 14.9 Å². The molecule has 0 saturated carbocycles. The SMILES string of the molecule is COC(=O)C(C)(C)c1ccc2cncc(-c3ccc(C#N)c4ccccc34)c2c1. The van der Waals surface area contributed by atoms with E-state index in [0.29, 0.717) is 5.56 Å². The van der Waals surface area contributed by atoms with Crippen molar-refractivity contribution in [1.82, 2.24) is 4.98 Å². The van der Waals surface area contributed by atoms with Crippen LogP contribution in [0, 0.1) is 11.3 Å². The number of methoxy groups -OCH3 is 1. The van der Waals surface area contributed by atoms with Gasteiger partial charge in [-0.1, -0.05) is 42.5 Å². The number of benzene rings is 3. The van der Waals surface area contributed by atoms with E-state index in [4.69, 9.17) is 4.74 Å². The Morgan fingerprint density at radius 1 is 0.966 bits per heavy atom. The highest BCUT2D eigenvalue weighted by Gasteiger charge is 2.31. The van der Waals surface area contributed by atoms with Crippen molar-refractivity contribution in [3.8, 4) is 17.2 Å². The molecule has 1 aromatic heterocycles. The number of hydrogen-bond donors (Lipinski definition) is 0. The molecule has 1 heterocycles. The van der Waals surface area contributed by atoms with E-state index in [9.17, 15) is 10.1 Å². The van der Waals surface area contributed by atoms with Gasteiger partial charge in [-0.05, 0) is 47.9 Å². The fourth-order valence-corrected chi connectivity index (χ4v) is 3.77. The van der Waals surface area contributed by atoms with E-state index in [-0.39, 0.29) is 5.97 Å². The molecule has 4 nitrogen and oxygen atoms in total. The minimum atomic E-state index is -0.768. The van der Waals surface area contributed by atoms with E-state index < -0.39 is 5.41 Å². The van der Waals surface area contributed by atoms with E-state index in [0.717, 1.165) is 38.2 Å². The number of carbonyl (C=O) groups is 1. The number of nitrogens with zero attached hydrogens (tertiary/aromatic N) is 2. The second-order valence-corrected chi connectivity index (χ2v) is 7.56. The number of ether oxygens (including phenoxy) is 1. The van der Waals surface area contributed by atoms with E-state index in [1.54, 1.807) is 0 Å². The Morgan fingerprint density at radius 3 is 2.45 bits per heavy atom. The predicted octanol–water partition coefficient (Wildman–Crippen LogP) is 5.38. The summed E-state index contributed by atoms with van der Waals surface area (Å²) in [6, 6.07) is 19.9. The number of pyridine rings is 1. The summed E-state index contributed by atoms with van der Waals surface area (Å²) in [5, 5.41) is 13.4. The molecule has 142 valence electrons. The fourth-order valence-electron chi connectivity index (χ4n) is 3.77. The number of fused-ring (bicyclic) bond motifs is 2. The van der Waals surface area contributed by atoms with E-state index in [1.807, 2.05) is 80.8 Å². The van der Waals surface area contributed by atoms with Crippen LogP contribution in [0.5, 0.6) is 0 Å². The summed E-state index contributed by atoms with van der Waals surface area (Å²) in [6.45, 7) is 3.72. The van der Waals surface area contributed by atoms with Crippen LogP contribution in [0.25, 0.3) is 32.7 Å². The number of aromatic nitrogens is 1. The van der Waals surface area contributed by atoms with Crippen LogP contribution < -0.4 is 0 Å². The largest absolute Gasteiger partial charge is 0.468 e.